The lowest BCUT2D eigenvalue weighted by Crippen LogP contribution is -2.69. The highest BCUT2D eigenvalue weighted by Gasteiger charge is 2.59. The summed E-state index contributed by atoms with van der Waals surface area (Å²) in [5, 5.41) is 2.62. The number of unbranched alkanes of at least 4 members (excludes halogenated alkanes) is 7. The number of methoxy groups -OCH3 is 1. The van der Waals surface area contributed by atoms with Gasteiger partial charge in [-0.2, -0.15) is 0 Å². The Labute approximate surface area is 264 Å². The molecule has 1 rings (SSSR count). The molecule has 0 radical (unpaired) electrons. The molecule has 1 N–H and O–H groups in total. The number of hydrogen-bond acceptors (Lipinski definition) is 13. The molecule has 45 heavy (non-hydrogen) atoms. The molecule has 256 valence electrons. The Bertz CT molecular complexity index is 1020. The fourth-order valence-electron chi connectivity index (χ4n) is 5.06. The minimum absolute atomic E-state index is 0.0505. The van der Waals surface area contributed by atoms with Crippen LogP contribution in [0.2, 0.25) is 0 Å². The normalized spacial score (nSPS) is 22.2. The van der Waals surface area contributed by atoms with Crippen molar-refractivity contribution in [2.75, 3.05) is 20.3 Å². The second kappa shape index (κ2) is 20.5. The van der Waals surface area contributed by atoms with Crippen molar-refractivity contribution >= 4 is 35.8 Å². The van der Waals surface area contributed by atoms with Crippen molar-refractivity contribution in [2.24, 2.45) is 0 Å². The first-order chi connectivity index (χ1) is 21.3. The SMILES string of the molecule is C=CCCCCCCCCCOC1(C(=O)OC)C[C@H](OC(C)=O)[C@@H](NC(C)=O)[C@H]([C@H](OC(C)=O)[C@@H](COC(C)=O)OC(C)=O)O1. The summed E-state index contributed by atoms with van der Waals surface area (Å²) in [7, 11) is 1.12. The third-order valence-electron chi connectivity index (χ3n) is 6.88. The zero-order valence-electron chi connectivity index (χ0n) is 27.3. The standard InChI is InChI=1S/C31H49NO13/c1-8-9-10-11-12-13-14-15-16-17-41-31(30(38)39-7)18-25(42-22(4)35)27(32-20(2)33)29(45-31)28(44-24(6)37)26(43-23(5)36)19-40-21(3)34/h8,25-29H,1,9-19H2,2-7H3,(H,32,33)/t25-,26+,27+,28+,29+,31?/m0/s1. The van der Waals surface area contributed by atoms with Crippen LogP contribution in [0, 0.1) is 0 Å². The van der Waals surface area contributed by atoms with Gasteiger partial charge in [0.1, 0.15) is 18.8 Å². The molecule has 1 amide bonds. The lowest BCUT2D eigenvalue weighted by molar-refractivity contribution is -0.314. The predicted molar refractivity (Wildman–Crippen MR) is 158 cm³/mol. The van der Waals surface area contributed by atoms with Crippen molar-refractivity contribution in [1.29, 1.82) is 0 Å². The highest BCUT2D eigenvalue weighted by Crippen LogP contribution is 2.37. The molecule has 14 nitrogen and oxygen atoms in total. The lowest BCUT2D eigenvalue weighted by Gasteiger charge is -2.48. The van der Waals surface area contributed by atoms with Crippen molar-refractivity contribution in [1.82, 2.24) is 5.32 Å². The molecule has 0 aliphatic carbocycles. The van der Waals surface area contributed by atoms with Gasteiger partial charge < -0.3 is 38.5 Å². The van der Waals surface area contributed by atoms with E-state index < -0.39 is 78.6 Å². The van der Waals surface area contributed by atoms with E-state index in [9.17, 15) is 28.8 Å². The minimum Gasteiger partial charge on any atom is -0.465 e. The van der Waals surface area contributed by atoms with Gasteiger partial charge in [0.15, 0.2) is 12.2 Å². The van der Waals surface area contributed by atoms with Crippen LogP contribution in [0.15, 0.2) is 12.7 Å². The second-order valence-corrected chi connectivity index (χ2v) is 10.8. The summed E-state index contributed by atoms with van der Waals surface area (Å²) >= 11 is 0. The van der Waals surface area contributed by atoms with Crippen molar-refractivity contribution in [3.05, 3.63) is 12.7 Å². The average Bonchev–Trinajstić information content (AvgIpc) is 2.95. The number of nitrogens with one attached hydrogen (secondary N) is 1. The Morgan fingerprint density at radius 2 is 1.47 bits per heavy atom. The molecule has 1 aliphatic heterocycles. The third kappa shape index (κ3) is 14.4. The van der Waals surface area contributed by atoms with Gasteiger partial charge in [0.2, 0.25) is 5.91 Å². The molecular weight excluding hydrogens is 594 g/mol. The number of amides is 1. The van der Waals surface area contributed by atoms with Crippen LogP contribution in [-0.2, 0) is 61.9 Å². The van der Waals surface area contributed by atoms with Crippen molar-refractivity contribution < 1.29 is 61.9 Å². The van der Waals surface area contributed by atoms with E-state index in [4.69, 9.17) is 33.2 Å². The van der Waals surface area contributed by atoms with Gasteiger partial charge in [0, 0.05) is 34.6 Å². The molecule has 1 saturated heterocycles. The summed E-state index contributed by atoms with van der Waals surface area (Å²) < 4.78 is 38.8. The van der Waals surface area contributed by atoms with Crippen molar-refractivity contribution in [3.8, 4) is 0 Å². The molecule has 1 aliphatic rings. The van der Waals surface area contributed by atoms with Gasteiger partial charge >= 0.3 is 29.8 Å². The molecule has 6 atom stereocenters. The number of allylic oxidation sites excluding steroid dienone is 1. The second-order valence-electron chi connectivity index (χ2n) is 10.8. The first-order valence-electron chi connectivity index (χ1n) is 15.2. The van der Waals surface area contributed by atoms with Crippen LogP contribution in [0.5, 0.6) is 0 Å². The Kier molecular flexibility index (Phi) is 18.0. The number of carbonyl (C=O) groups is 6. The number of hydrogen-bond donors (Lipinski definition) is 1. The molecule has 1 unspecified atom stereocenters. The maximum absolute atomic E-state index is 13.3. The smallest absolute Gasteiger partial charge is 0.366 e. The molecular formula is C31H49NO13. The first kappa shape index (κ1) is 39.5. The van der Waals surface area contributed by atoms with Gasteiger partial charge in [-0.05, 0) is 19.3 Å². The van der Waals surface area contributed by atoms with Crippen LogP contribution in [0.3, 0.4) is 0 Å². The zero-order chi connectivity index (χ0) is 34.0. The van der Waals surface area contributed by atoms with E-state index in [0.29, 0.717) is 6.42 Å². The molecule has 0 aromatic carbocycles. The van der Waals surface area contributed by atoms with Gasteiger partial charge in [0.05, 0.1) is 26.2 Å². The quantitative estimate of drug-likeness (QED) is 0.0887. The maximum atomic E-state index is 13.3. The van der Waals surface area contributed by atoms with Crippen molar-refractivity contribution in [2.45, 2.75) is 129 Å². The topological polar surface area (TPSA) is 179 Å². The summed E-state index contributed by atoms with van der Waals surface area (Å²) in [5.74, 6) is -6.87. The summed E-state index contributed by atoms with van der Waals surface area (Å²) in [6.07, 6.45) is 3.31. The fraction of sp³-hybridized carbons (Fsp3) is 0.742. The van der Waals surface area contributed by atoms with E-state index in [1.807, 2.05) is 6.08 Å². The number of ether oxygens (including phenoxy) is 7. The maximum Gasteiger partial charge on any atom is 0.366 e. The Hall–Kier alpha value is -3.52. The molecule has 0 bridgehead atoms. The molecule has 1 heterocycles. The first-order valence-corrected chi connectivity index (χ1v) is 15.2. The largest absolute Gasteiger partial charge is 0.465 e. The highest BCUT2D eigenvalue weighted by molar-refractivity contribution is 5.79. The molecule has 0 spiro atoms. The Balaban J connectivity index is 3.46. The molecule has 0 aromatic heterocycles. The fourth-order valence-corrected chi connectivity index (χ4v) is 5.06. The molecule has 14 heteroatoms. The summed E-state index contributed by atoms with van der Waals surface area (Å²) in [5.41, 5.74) is 0. The summed E-state index contributed by atoms with van der Waals surface area (Å²) in [6.45, 7) is 8.83. The number of esters is 5. The van der Waals surface area contributed by atoms with Gasteiger partial charge in [-0.25, -0.2) is 4.79 Å². The molecule has 1 fully saturated rings. The van der Waals surface area contributed by atoms with Gasteiger partial charge in [0.25, 0.3) is 5.79 Å². The van der Waals surface area contributed by atoms with Crippen molar-refractivity contribution in [3.63, 3.8) is 0 Å². The van der Waals surface area contributed by atoms with Crippen LogP contribution in [0.1, 0.15) is 92.4 Å². The minimum atomic E-state index is -2.18. The van der Waals surface area contributed by atoms with E-state index in [2.05, 4.69) is 11.9 Å². The van der Waals surface area contributed by atoms with E-state index in [0.717, 1.165) is 79.8 Å². The predicted octanol–water partition coefficient (Wildman–Crippen LogP) is 2.83. The summed E-state index contributed by atoms with van der Waals surface area (Å²) in [4.78, 5) is 73.8. The van der Waals surface area contributed by atoms with Crippen LogP contribution in [0.25, 0.3) is 0 Å². The Morgan fingerprint density at radius 3 is 1.98 bits per heavy atom. The highest BCUT2D eigenvalue weighted by atomic mass is 16.7. The van der Waals surface area contributed by atoms with Crippen LogP contribution >= 0.6 is 0 Å². The molecule has 0 aromatic rings. The monoisotopic (exact) mass is 643 g/mol. The van der Waals surface area contributed by atoms with Crippen LogP contribution in [-0.4, -0.2) is 92.3 Å². The van der Waals surface area contributed by atoms with Gasteiger partial charge in [-0.3, -0.25) is 24.0 Å². The van der Waals surface area contributed by atoms with E-state index in [-0.39, 0.29) is 13.0 Å². The van der Waals surface area contributed by atoms with E-state index in [1.165, 1.54) is 6.92 Å². The number of carbonyl (C=O) groups excluding carboxylic acids is 6. The summed E-state index contributed by atoms with van der Waals surface area (Å²) in [6, 6.07) is -1.24. The van der Waals surface area contributed by atoms with Crippen LogP contribution < -0.4 is 5.32 Å². The van der Waals surface area contributed by atoms with Gasteiger partial charge in [-0.15, -0.1) is 6.58 Å². The third-order valence-corrected chi connectivity index (χ3v) is 6.88. The van der Waals surface area contributed by atoms with Crippen LogP contribution in [0.4, 0.5) is 0 Å². The van der Waals surface area contributed by atoms with E-state index in [1.54, 1.807) is 0 Å². The Morgan fingerprint density at radius 1 is 0.867 bits per heavy atom. The van der Waals surface area contributed by atoms with E-state index >= 15 is 0 Å². The molecule has 0 saturated carbocycles. The average molecular weight is 644 g/mol. The zero-order valence-corrected chi connectivity index (χ0v) is 27.3. The number of rotatable bonds is 20. The lowest BCUT2D eigenvalue weighted by atomic mass is 9.88. The van der Waals surface area contributed by atoms with Gasteiger partial charge in [-0.1, -0.05) is 38.2 Å².